The molecule has 0 saturated heterocycles. The van der Waals surface area contributed by atoms with Gasteiger partial charge in [0.1, 0.15) is 12.1 Å². The van der Waals surface area contributed by atoms with E-state index < -0.39 is 0 Å². The topological polar surface area (TPSA) is 73.4 Å². The average Bonchev–Trinajstić information content (AvgIpc) is 3.10. The van der Waals surface area contributed by atoms with Crippen LogP contribution in [0, 0.1) is 22.7 Å². The molecule has 8 rings (SSSR count). The van der Waals surface area contributed by atoms with Gasteiger partial charge in [0, 0.05) is 35.9 Å². The zero-order valence-electron chi connectivity index (χ0n) is 23.5. The number of aromatic nitrogens is 2. The Bertz CT molecular complexity index is 2200. The summed E-state index contributed by atoms with van der Waals surface area (Å²) in [6, 6.07) is 43.0. The van der Waals surface area contributed by atoms with Crippen molar-refractivity contribution in [3.63, 3.8) is 0 Å². The summed E-state index contributed by atoms with van der Waals surface area (Å²) in [5.74, 6) is 0. The van der Waals surface area contributed by atoms with Crippen molar-refractivity contribution >= 4 is 32.3 Å². The maximum Gasteiger partial charge on any atom is 0.101 e. The molecule has 2 heterocycles. The minimum atomic E-state index is 0.556. The van der Waals surface area contributed by atoms with Gasteiger partial charge in [0.05, 0.1) is 11.1 Å². The van der Waals surface area contributed by atoms with E-state index in [2.05, 4.69) is 119 Å². The lowest BCUT2D eigenvalue weighted by Crippen LogP contribution is -1.88. The van der Waals surface area contributed by atoms with Crippen molar-refractivity contribution in [2.75, 3.05) is 0 Å². The maximum atomic E-state index is 9.23. The van der Waals surface area contributed by atoms with Crippen molar-refractivity contribution in [2.24, 2.45) is 0 Å². The van der Waals surface area contributed by atoms with Crippen molar-refractivity contribution in [1.82, 2.24) is 9.97 Å². The lowest BCUT2D eigenvalue weighted by atomic mass is 9.89. The van der Waals surface area contributed by atoms with Gasteiger partial charge in [-0.25, -0.2) is 0 Å². The zero-order valence-corrected chi connectivity index (χ0v) is 23.5. The summed E-state index contributed by atoms with van der Waals surface area (Å²) < 4.78 is 0. The van der Waals surface area contributed by atoms with Crippen LogP contribution in [0.1, 0.15) is 11.1 Å². The largest absolute Gasteiger partial charge is 0.263 e. The molecule has 0 aliphatic heterocycles. The van der Waals surface area contributed by atoms with Crippen LogP contribution in [-0.4, -0.2) is 9.97 Å². The SMILES string of the molecule is N#Cc1cncc(-c2ccc(-c3cc4ccc5cc(-c6ccc(-c7cncc(C#N)c7)cc6)cc6ccc(c3)c4c56)cc2)c1. The van der Waals surface area contributed by atoms with E-state index in [0.29, 0.717) is 11.1 Å². The third kappa shape index (κ3) is 4.31. The van der Waals surface area contributed by atoms with Gasteiger partial charge in [-0.15, -0.1) is 0 Å². The number of nitriles is 2. The van der Waals surface area contributed by atoms with Crippen LogP contribution in [0.25, 0.3) is 76.8 Å². The highest BCUT2D eigenvalue weighted by Crippen LogP contribution is 2.40. The molecular weight excluding hydrogens is 536 g/mol. The minimum absolute atomic E-state index is 0.556. The van der Waals surface area contributed by atoms with E-state index in [9.17, 15) is 10.5 Å². The Balaban J connectivity index is 1.15. The fourth-order valence-corrected chi connectivity index (χ4v) is 6.20. The van der Waals surface area contributed by atoms with Gasteiger partial charge in [0.2, 0.25) is 0 Å². The van der Waals surface area contributed by atoms with E-state index in [4.69, 9.17) is 0 Å². The van der Waals surface area contributed by atoms with Crippen molar-refractivity contribution < 1.29 is 0 Å². The van der Waals surface area contributed by atoms with Crippen molar-refractivity contribution in [3.8, 4) is 56.6 Å². The molecule has 0 radical (unpaired) electrons. The van der Waals surface area contributed by atoms with Crippen LogP contribution in [0.2, 0.25) is 0 Å². The molecular formula is C40H22N4. The lowest BCUT2D eigenvalue weighted by molar-refractivity contribution is 1.30. The number of benzene rings is 6. The van der Waals surface area contributed by atoms with E-state index in [1.54, 1.807) is 24.8 Å². The molecule has 0 atom stereocenters. The quantitative estimate of drug-likeness (QED) is 0.202. The summed E-state index contributed by atoms with van der Waals surface area (Å²) >= 11 is 0. The molecule has 44 heavy (non-hydrogen) atoms. The van der Waals surface area contributed by atoms with Gasteiger partial charge in [-0.3, -0.25) is 9.97 Å². The van der Waals surface area contributed by atoms with E-state index >= 15 is 0 Å². The Morgan fingerprint density at radius 1 is 0.341 bits per heavy atom. The molecule has 0 aliphatic rings. The third-order valence-electron chi connectivity index (χ3n) is 8.37. The standard InChI is InChI=1S/C40H22N4/c41-19-25-13-37(23-43-21-25)29-5-1-27(2-6-29)35-15-31-9-11-33-17-36(18-34-12-10-32(16-35)39(31)40(33)34)28-3-7-30(8-4-28)38-14-26(20-42)22-44-24-38/h1-18,21-24H. The van der Waals surface area contributed by atoms with Crippen molar-refractivity contribution in [3.05, 3.63) is 145 Å². The molecule has 202 valence electrons. The zero-order chi connectivity index (χ0) is 29.6. The smallest absolute Gasteiger partial charge is 0.101 e. The molecule has 0 bridgehead atoms. The van der Waals surface area contributed by atoms with Crippen LogP contribution in [-0.2, 0) is 0 Å². The summed E-state index contributed by atoms with van der Waals surface area (Å²) in [4.78, 5) is 8.40. The van der Waals surface area contributed by atoms with Crippen molar-refractivity contribution in [2.45, 2.75) is 0 Å². The fraction of sp³-hybridized carbons (Fsp3) is 0. The fourth-order valence-electron chi connectivity index (χ4n) is 6.20. The number of hydrogen-bond acceptors (Lipinski definition) is 4. The Morgan fingerprint density at radius 3 is 0.977 bits per heavy atom. The van der Waals surface area contributed by atoms with Crippen LogP contribution in [0.5, 0.6) is 0 Å². The molecule has 8 aromatic rings. The van der Waals surface area contributed by atoms with Gasteiger partial charge in [0.25, 0.3) is 0 Å². The summed E-state index contributed by atoms with van der Waals surface area (Å²) in [5.41, 5.74) is 9.67. The predicted molar refractivity (Wildman–Crippen MR) is 177 cm³/mol. The molecule has 0 unspecified atom stereocenters. The molecule has 4 nitrogen and oxygen atoms in total. The summed E-state index contributed by atoms with van der Waals surface area (Å²) in [6.45, 7) is 0. The van der Waals surface area contributed by atoms with E-state index in [1.807, 2.05) is 12.1 Å². The van der Waals surface area contributed by atoms with E-state index in [-0.39, 0.29) is 0 Å². The van der Waals surface area contributed by atoms with Gasteiger partial charge in [-0.05, 0) is 102 Å². The highest BCUT2D eigenvalue weighted by molar-refractivity contribution is 6.24. The second-order valence-electron chi connectivity index (χ2n) is 11.0. The summed E-state index contributed by atoms with van der Waals surface area (Å²) in [7, 11) is 0. The van der Waals surface area contributed by atoms with Gasteiger partial charge >= 0.3 is 0 Å². The predicted octanol–water partition coefficient (Wildman–Crippen LogP) is 9.79. The number of pyridine rings is 2. The molecule has 0 spiro atoms. The first-order valence-electron chi connectivity index (χ1n) is 14.3. The summed E-state index contributed by atoms with van der Waals surface area (Å²) in [6.07, 6.45) is 6.74. The molecule has 0 amide bonds. The number of nitrogens with zero attached hydrogens (tertiary/aromatic N) is 4. The summed E-state index contributed by atoms with van der Waals surface area (Å²) in [5, 5.41) is 25.9. The lowest BCUT2D eigenvalue weighted by Gasteiger charge is -2.15. The second kappa shape index (κ2) is 10.2. The molecule has 2 aromatic heterocycles. The van der Waals surface area contributed by atoms with E-state index in [0.717, 1.165) is 33.4 Å². The van der Waals surface area contributed by atoms with Gasteiger partial charge in [0.15, 0.2) is 0 Å². The van der Waals surface area contributed by atoms with Gasteiger partial charge in [-0.2, -0.15) is 10.5 Å². The first-order chi connectivity index (χ1) is 21.7. The van der Waals surface area contributed by atoms with Crippen LogP contribution in [0.3, 0.4) is 0 Å². The van der Waals surface area contributed by atoms with Crippen LogP contribution < -0.4 is 0 Å². The molecule has 0 saturated carbocycles. The van der Waals surface area contributed by atoms with Crippen LogP contribution >= 0.6 is 0 Å². The highest BCUT2D eigenvalue weighted by atomic mass is 14.6. The molecule has 4 heteroatoms. The van der Waals surface area contributed by atoms with Gasteiger partial charge < -0.3 is 0 Å². The Morgan fingerprint density at radius 2 is 0.659 bits per heavy atom. The van der Waals surface area contributed by atoms with Crippen molar-refractivity contribution in [1.29, 1.82) is 10.5 Å². The monoisotopic (exact) mass is 558 g/mol. The third-order valence-corrected chi connectivity index (χ3v) is 8.37. The van der Waals surface area contributed by atoms with Gasteiger partial charge in [-0.1, -0.05) is 72.8 Å². The first-order valence-corrected chi connectivity index (χ1v) is 14.3. The Labute approximate surface area is 254 Å². The molecule has 0 fully saturated rings. The second-order valence-corrected chi connectivity index (χ2v) is 11.0. The normalized spacial score (nSPS) is 11.1. The molecule has 6 aromatic carbocycles. The molecule has 0 N–H and O–H groups in total. The number of hydrogen-bond donors (Lipinski definition) is 0. The number of rotatable bonds is 4. The first kappa shape index (κ1) is 25.4. The van der Waals surface area contributed by atoms with Crippen LogP contribution in [0.15, 0.2) is 134 Å². The minimum Gasteiger partial charge on any atom is -0.263 e. The molecule has 0 aliphatic carbocycles. The highest BCUT2D eigenvalue weighted by Gasteiger charge is 2.13. The average molecular weight is 559 g/mol. The Hall–Kier alpha value is -6.36. The van der Waals surface area contributed by atoms with Crippen LogP contribution in [0.4, 0.5) is 0 Å². The maximum absolute atomic E-state index is 9.23. The Kier molecular flexibility index (Phi) is 5.86. The van der Waals surface area contributed by atoms with E-state index in [1.165, 1.54) is 43.4 Å².